The summed E-state index contributed by atoms with van der Waals surface area (Å²) in [5.74, 6) is 0.956. The topological polar surface area (TPSA) is 39.1 Å². The van der Waals surface area contributed by atoms with Gasteiger partial charge in [0.2, 0.25) is 5.96 Å². The highest BCUT2D eigenvalue weighted by Crippen LogP contribution is 2.39. The van der Waals surface area contributed by atoms with E-state index in [4.69, 9.17) is 0 Å². The highest BCUT2D eigenvalue weighted by Gasteiger charge is 2.35. The Kier molecular flexibility index (Phi) is 3.39. The quantitative estimate of drug-likeness (QED) is 0.916. The van der Waals surface area contributed by atoms with Crippen molar-refractivity contribution >= 4 is 33.3 Å². The predicted molar refractivity (Wildman–Crippen MR) is 92.5 cm³/mol. The van der Waals surface area contributed by atoms with E-state index < -0.39 is 6.10 Å². The fourth-order valence-corrected chi connectivity index (χ4v) is 3.33. The lowest BCUT2D eigenvalue weighted by Gasteiger charge is -2.23. The number of fused-ring (bicyclic) bond motifs is 3. The van der Waals surface area contributed by atoms with Gasteiger partial charge in [-0.05, 0) is 29.8 Å². The number of benzene rings is 2. The lowest BCUT2D eigenvalue weighted by atomic mass is 10.1. The van der Waals surface area contributed by atoms with Gasteiger partial charge >= 0.3 is 0 Å². The summed E-state index contributed by atoms with van der Waals surface area (Å²) in [5, 5.41) is 10.6. The second kappa shape index (κ2) is 5.41. The molecule has 0 amide bonds. The number of aliphatic hydroxyl groups excluding tert-OH is 1. The first-order valence-electron chi connectivity index (χ1n) is 7.36. The molecule has 112 valence electrons. The van der Waals surface area contributed by atoms with E-state index in [1.807, 2.05) is 36.4 Å². The second-order valence-corrected chi connectivity index (χ2v) is 6.42. The summed E-state index contributed by atoms with van der Waals surface area (Å²) in [6.07, 6.45) is -0.551. The number of nitrogens with zero attached hydrogens (tertiary/aromatic N) is 3. The van der Waals surface area contributed by atoms with Gasteiger partial charge in [0.1, 0.15) is 0 Å². The summed E-state index contributed by atoms with van der Waals surface area (Å²) < 4.78 is 1.02. The molecule has 2 heterocycles. The molecule has 0 saturated carbocycles. The van der Waals surface area contributed by atoms with Crippen LogP contribution in [0.15, 0.2) is 58.0 Å². The van der Waals surface area contributed by atoms with E-state index in [0.717, 1.165) is 34.8 Å². The van der Waals surface area contributed by atoms with Crippen molar-refractivity contribution < 1.29 is 5.11 Å². The molecule has 1 N–H and O–H groups in total. The van der Waals surface area contributed by atoms with Crippen molar-refractivity contribution in [3.05, 3.63) is 58.6 Å². The first kappa shape index (κ1) is 13.8. The molecule has 0 bridgehead atoms. The minimum atomic E-state index is -0.551. The molecule has 2 aliphatic heterocycles. The van der Waals surface area contributed by atoms with Crippen molar-refractivity contribution in [3.63, 3.8) is 0 Å². The van der Waals surface area contributed by atoms with E-state index in [1.165, 1.54) is 5.69 Å². The molecule has 0 spiro atoms. The average Bonchev–Trinajstić information content (AvgIpc) is 3.11. The number of anilines is 2. The molecule has 4 nitrogen and oxygen atoms in total. The molecule has 1 atom stereocenters. The summed E-state index contributed by atoms with van der Waals surface area (Å²) in [5.41, 5.74) is 3.22. The van der Waals surface area contributed by atoms with E-state index in [9.17, 15) is 5.11 Å². The molecule has 0 aliphatic carbocycles. The minimum absolute atomic E-state index is 0.508. The Labute approximate surface area is 137 Å². The summed E-state index contributed by atoms with van der Waals surface area (Å²) >= 11 is 3.42. The molecule has 2 aromatic carbocycles. The number of β-amino-alcohol motifs (C(OH)–C–C–N with tert-alkyl or cyclic N) is 1. The van der Waals surface area contributed by atoms with Crippen LogP contribution in [0.5, 0.6) is 0 Å². The van der Waals surface area contributed by atoms with Crippen LogP contribution in [0.3, 0.4) is 0 Å². The highest BCUT2D eigenvalue weighted by molar-refractivity contribution is 9.10. The average molecular weight is 358 g/mol. The summed E-state index contributed by atoms with van der Waals surface area (Å²) in [4.78, 5) is 8.95. The van der Waals surface area contributed by atoms with E-state index in [2.05, 4.69) is 42.9 Å². The molecule has 0 aromatic heterocycles. The summed E-state index contributed by atoms with van der Waals surface area (Å²) in [6, 6.07) is 16.1. The van der Waals surface area contributed by atoms with Gasteiger partial charge in [-0.15, -0.1) is 0 Å². The molecule has 22 heavy (non-hydrogen) atoms. The van der Waals surface area contributed by atoms with Crippen LogP contribution in [0.2, 0.25) is 0 Å². The lowest BCUT2D eigenvalue weighted by Crippen LogP contribution is -2.37. The van der Waals surface area contributed by atoms with Gasteiger partial charge in [-0.2, -0.15) is 0 Å². The zero-order valence-corrected chi connectivity index (χ0v) is 13.6. The van der Waals surface area contributed by atoms with Crippen LogP contribution in [-0.2, 0) is 0 Å². The van der Waals surface area contributed by atoms with Gasteiger partial charge < -0.3 is 14.9 Å². The normalized spacial score (nSPS) is 17.3. The van der Waals surface area contributed by atoms with E-state index in [1.54, 1.807) is 0 Å². The monoisotopic (exact) mass is 357 g/mol. The van der Waals surface area contributed by atoms with Gasteiger partial charge in [0.25, 0.3) is 0 Å². The molecule has 0 fully saturated rings. The maximum Gasteiger partial charge on any atom is 0.206 e. The Balaban J connectivity index is 1.63. The fourth-order valence-electron chi connectivity index (χ4n) is 3.07. The summed E-state index contributed by atoms with van der Waals surface area (Å²) in [7, 11) is 0. The van der Waals surface area contributed by atoms with E-state index in [-0.39, 0.29) is 0 Å². The van der Waals surface area contributed by atoms with Crippen molar-refractivity contribution in [2.75, 3.05) is 29.4 Å². The van der Waals surface area contributed by atoms with Crippen LogP contribution >= 0.6 is 15.9 Å². The van der Waals surface area contributed by atoms with Crippen LogP contribution in [-0.4, -0.2) is 30.7 Å². The Morgan fingerprint density at radius 2 is 1.82 bits per heavy atom. The van der Waals surface area contributed by atoms with Crippen molar-refractivity contribution in [2.45, 2.75) is 6.10 Å². The third kappa shape index (κ3) is 2.21. The van der Waals surface area contributed by atoms with Crippen molar-refractivity contribution in [1.29, 1.82) is 0 Å². The minimum Gasteiger partial charge on any atom is -0.387 e. The van der Waals surface area contributed by atoms with Gasteiger partial charge in [0.05, 0.1) is 30.6 Å². The molecular weight excluding hydrogens is 342 g/mol. The SMILES string of the molecule is OC(CN1C2=NCCN2c2ccccc21)c1ccc(Br)cc1. The van der Waals surface area contributed by atoms with Gasteiger partial charge in [0, 0.05) is 11.0 Å². The smallest absolute Gasteiger partial charge is 0.206 e. The van der Waals surface area contributed by atoms with Gasteiger partial charge in [-0.1, -0.05) is 40.2 Å². The van der Waals surface area contributed by atoms with Crippen LogP contribution in [0, 0.1) is 0 Å². The van der Waals surface area contributed by atoms with Crippen LogP contribution in [0.1, 0.15) is 11.7 Å². The first-order valence-corrected chi connectivity index (χ1v) is 8.15. The third-order valence-corrected chi connectivity index (χ3v) is 4.66. The molecule has 0 radical (unpaired) electrons. The Morgan fingerprint density at radius 3 is 2.59 bits per heavy atom. The van der Waals surface area contributed by atoms with Crippen molar-refractivity contribution in [3.8, 4) is 0 Å². The molecule has 5 heteroatoms. The molecule has 0 saturated heterocycles. The number of hydrogen-bond donors (Lipinski definition) is 1. The largest absolute Gasteiger partial charge is 0.387 e. The molecule has 2 aliphatic rings. The molecule has 2 aromatic rings. The van der Waals surface area contributed by atoms with Crippen LogP contribution in [0.25, 0.3) is 0 Å². The standard InChI is InChI=1S/C17H16BrN3O/c18-13-7-5-12(6-8-13)16(22)11-21-15-4-2-1-3-14(15)20-10-9-19-17(20)21/h1-8,16,22H,9-11H2. The number of aliphatic imine (C=N–C) groups is 1. The summed E-state index contributed by atoms with van der Waals surface area (Å²) in [6.45, 7) is 2.24. The Morgan fingerprint density at radius 1 is 1.09 bits per heavy atom. The van der Waals surface area contributed by atoms with E-state index in [0.29, 0.717) is 6.54 Å². The Bertz CT molecular complexity index is 729. The highest BCUT2D eigenvalue weighted by atomic mass is 79.9. The fraction of sp³-hybridized carbons (Fsp3) is 0.235. The van der Waals surface area contributed by atoms with Gasteiger partial charge in [-0.25, -0.2) is 0 Å². The second-order valence-electron chi connectivity index (χ2n) is 5.50. The van der Waals surface area contributed by atoms with Gasteiger partial charge in [-0.3, -0.25) is 4.99 Å². The number of aliphatic hydroxyl groups is 1. The molecule has 4 rings (SSSR count). The third-order valence-electron chi connectivity index (χ3n) is 4.13. The van der Waals surface area contributed by atoms with Crippen LogP contribution in [0.4, 0.5) is 11.4 Å². The van der Waals surface area contributed by atoms with E-state index >= 15 is 0 Å². The number of guanidine groups is 1. The molecular formula is C17H16BrN3O. The Hall–Kier alpha value is -1.85. The number of para-hydroxylation sites is 2. The number of rotatable bonds is 3. The zero-order valence-electron chi connectivity index (χ0n) is 12.0. The lowest BCUT2D eigenvalue weighted by molar-refractivity contribution is 0.187. The number of halogens is 1. The maximum absolute atomic E-state index is 10.6. The molecule has 1 unspecified atom stereocenters. The van der Waals surface area contributed by atoms with Gasteiger partial charge in [0.15, 0.2) is 0 Å². The maximum atomic E-state index is 10.6. The first-order chi connectivity index (χ1) is 10.7. The predicted octanol–water partition coefficient (Wildman–Crippen LogP) is 3.18. The van der Waals surface area contributed by atoms with Crippen molar-refractivity contribution in [2.24, 2.45) is 4.99 Å². The van der Waals surface area contributed by atoms with Crippen molar-refractivity contribution in [1.82, 2.24) is 0 Å². The number of hydrogen-bond acceptors (Lipinski definition) is 4. The van der Waals surface area contributed by atoms with Crippen LogP contribution < -0.4 is 9.80 Å². The zero-order chi connectivity index (χ0) is 15.1.